The zero-order chi connectivity index (χ0) is 29.3. The number of nitrogens with one attached hydrogen (secondary N) is 2. The van der Waals surface area contributed by atoms with Gasteiger partial charge in [-0.2, -0.15) is 18.4 Å². The summed E-state index contributed by atoms with van der Waals surface area (Å²) in [7, 11) is 0. The highest BCUT2D eigenvalue weighted by Crippen LogP contribution is 2.51. The SMILES string of the molecule is CC(C)(C)C[C@@H]1N[C@@H](C(=O)NCc2ccc(C(F)(F)F)cc2)[C@H](c2cccc(Cl)c2)[C@@]1(C#N)c1ccc(Cl)cc1. The first-order chi connectivity index (χ1) is 18.7. The van der Waals surface area contributed by atoms with E-state index in [-0.39, 0.29) is 17.9 Å². The van der Waals surface area contributed by atoms with Crippen LogP contribution in [0.1, 0.15) is 55.4 Å². The Hall–Kier alpha value is -3.05. The van der Waals surface area contributed by atoms with Crippen molar-refractivity contribution in [1.29, 1.82) is 5.26 Å². The van der Waals surface area contributed by atoms with Crippen LogP contribution in [-0.2, 0) is 22.9 Å². The van der Waals surface area contributed by atoms with Crippen LogP contribution in [-0.4, -0.2) is 18.0 Å². The Bertz CT molecular complexity index is 1400. The maximum absolute atomic E-state index is 13.8. The van der Waals surface area contributed by atoms with Gasteiger partial charge >= 0.3 is 6.18 Å². The van der Waals surface area contributed by atoms with E-state index in [9.17, 15) is 23.2 Å². The summed E-state index contributed by atoms with van der Waals surface area (Å²) in [6.07, 6.45) is -3.85. The number of carbonyl (C=O) groups is 1. The molecule has 0 bridgehead atoms. The van der Waals surface area contributed by atoms with Crippen LogP contribution >= 0.6 is 23.2 Å². The predicted octanol–water partition coefficient (Wildman–Crippen LogP) is 7.65. The minimum Gasteiger partial charge on any atom is -0.351 e. The topological polar surface area (TPSA) is 64.9 Å². The highest BCUT2D eigenvalue weighted by molar-refractivity contribution is 6.30. The zero-order valence-corrected chi connectivity index (χ0v) is 23.8. The molecule has 0 aliphatic carbocycles. The molecule has 1 heterocycles. The second-order valence-electron chi connectivity index (χ2n) is 11.4. The Morgan fingerprint density at radius 3 is 2.20 bits per heavy atom. The fourth-order valence-electron chi connectivity index (χ4n) is 5.57. The predicted molar refractivity (Wildman–Crippen MR) is 151 cm³/mol. The van der Waals surface area contributed by atoms with Gasteiger partial charge in [0.25, 0.3) is 0 Å². The van der Waals surface area contributed by atoms with Gasteiger partial charge in [-0.3, -0.25) is 4.79 Å². The van der Waals surface area contributed by atoms with Crippen LogP contribution in [0.4, 0.5) is 13.2 Å². The van der Waals surface area contributed by atoms with Crippen molar-refractivity contribution < 1.29 is 18.0 Å². The van der Waals surface area contributed by atoms with Crippen molar-refractivity contribution in [3.63, 3.8) is 0 Å². The molecule has 1 amide bonds. The summed E-state index contributed by atoms with van der Waals surface area (Å²) < 4.78 is 38.9. The van der Waals surface area contributed by atoms with Crippen LogP contribution in [0.25, 0.3) is 0 Å². The smallest absolute Gasteiger partial charge is 0.351 e. The molecule has 4 atom stereocenters. The fourth-order valence-corrected chi connectivity index (χ4v) is 5.89. The standard InChI is InChI=1S/C31H30Cl2F3N3O/c1-29(2,3)16-25-30(18-37,21-11-13-23(32)14-12-21)26(20-5-4-6-24(33)15-20)27(39-25)28(40)38-17-19-7-9-22(10-8-19)31(34,35)36/h4-15,25-27,39H,16-17H2,1-3H3,(H,38,40)/t25-,26-,27+,30-/m0/s1. The highest BCUT2D eigenvalue weighted by atomic mass is 35.5. The molecule has 0 aromatic heterocycles. The molecule has 3 aromatic rings. The Balaban J connectivity index is 1.75. The van der Waals surface area contributed by atoms with E-state index >= 15 is 0 Å². The third-order valence-electron chi connectivity index (χ3n) is 7.32. The summed E-state index contributed by atoms with van der Waals surface area (Å²) in [6, 6.07) is 20.3. The summed E-state index contributed by atoms with van der Waals surface area (Å²) in [4.78, 5) is 13.8. The molecular formula is C31H30Cl2F3N3O. The van der Waals surface area contributed by atoms with Gasteiger partial charge in [0.15, 0.2) is 0 Å². The number of hydrogen-bond donors (Lipinski definition) is 2. The highest BCUT2D eigenvalue weighted by Gasteiger charge is 2.59. The molecule has 0 spiro atoms. The van der Waals surface area contributed by atoms with Gasteiger partial charge in [-0.15, -0.1) is 0 Å². The van der Waals surface area contributed by atoms with E-state index in [0.717, 1.165) is 23.3 Å². The average molecular weight is 589 g/mol. The second kappa shape index (κ2) is 11.4. The van der Waals surface area contributed by atoms with Crippen molar-refractivity contribution in [2.24, 2.45) is 5.41 Å². The molecule has 0 unspecified atom stereocenters. The first kappa shape index (κ1) is 29.9. The lowest BCUT2D eigenvalue weighted by molar-refractivity contribution is -0.137. The third kappa shape index (κ3) is 6.30. The molecule has 2 N–H and O–H groups in total. The normalized spacial score (nSPS) is 23.0. The van der Waals surface area contributed by atoms with Crippen molar-refractivity contribution in [3.05, 3.63) is 105 Å². The number of benzene rings is 3. The number of rotatable bonds is 6. The van der Waals surface area contributed by atoms with E-state index in [4.69, 9.17) is 23.2 Å². The molecule has 1 aliphatic rings. The summed E-state index contributed by atoms with van der Waals surface area (Å²) in [5, 5.41) is 18.3. The van der Waals surface area contributed by atoms with E-state index in [1.54, 1.807) is 30.3 Å². The molecule has 4 nitrogen and oxygen atoms in total. The van der Waals surface area contributed by atoms with Gasteiger partial charge in [-0.1, -0.05) is 80.4 Å². The van der Waals surface area contributed by atoms with Crippen molar-refractivity contribution in [3.8, 4) is 6.07 Å². The number of amides is 1. The van der Waals surface area contributed by atoms with E-state index in [1.165, 1.54) is 12.1 Å². The minimum absolute atomic E-state index is 0.0296. The number of alkyl halides is 3. The van der Waals surface area contributed by atoms with E-state index in [0.29, 0.717) is 22.0 Å². The molecule has 210 valence electrons. The Morgan fingerprint density at radius 1 is 1.00 bits per heavy atom. The first-order valence-electron chi connectivity index (χ1n) is 12.9. The quantitative estimate of drug-likeness (QED) is 0.311. The van der Waals surface area contributed by atoms with Gasteiger partial charge in [-0.25, -0.2) is 0 Å². The summed E-state index contributed by atoms with van der Waals surface area (Å²) >= 11 is 12.6. The van der Waals surface area contributed by atoms with E-state index < -0.39 is 35.2 Å². The molecule has 9 heteroatoms. The third-order valence-corrected chi connectivity index (χ3v) is 7.80. The number of nitrogens with zero attached hydrogens (tertiary/aromatic N) is 1. The number of nitriles is 1. The van der Waals surface area contributed by atoms with Crippen molar-refractivity contribution in [2.75, 3.05) is 0 Å². The molecule has 1 aliphatic heterocycles. The number of hydrogen-bond acceptors (Lipinski definition) is 3. The maximum atomic E-state index is 13.8. The van der Waals surface area contributed by atoms with E-state index in [2.05, 4.69) is 37.5 Å². The van der Waals surface area contributed by atoms with Crippen LogP contribution in [0.15, 0.2) is 72.8 Å². The van der Waals surface area contributed by atoms with Crippen molar-refractivity contribution in [2.45, 2.75) is 63.3 Å². The van der Waals surface area contributed by atoms with Crippen molar-refractivity contribution in [1.82, 2.24) is 10.6 Å². The number of carbonyl (C=O) groups excluding carboxylic acids is 1. The molecule has 3 aromatic carbocycles. The van der Waals surface area contributed by atoms with Crippen molar-refractivity contribution >= 4 is 29.1 Å². The van der Waals surface area contributed by atoms with Gasteiger partial charge in [-0.05, 0) is 64.9 Å². The van der Waals surface area contributed by atoms with Gasteiger partial charge in [0.1, 0.15) is 5.41 Å². The molecular weight excluding hydrogens is 558 g/mol. The molecule has 1 saturated heterocycles. The van der Waals surface area contributed by atoms with Crippen LogP contribution in [0.3, 0.4) is 0 Å². The van der Waals surface area contributed by atoms with E-state index in [1.807, 2.05) is 18.2 Å². The summed E-state index contributed by atoms with van der Waals surface area (Å²) in [6.45, 7) is 6.25. The fraction of sp³-hybridized carbons (Fsp3) is 0.355. The lowest BCUT2D eigenvalue weighted by Gasteiger charge is -2.37. The first-order valence-corrected chi connectivity index (χ1v) is 13.6. The lowest BCUT2D eigenvalue weighted by atomic mass is 9.63. The molecule has 1 fully saturated rings. The largest absolute Gasteiger partial charge is 0.416 e. The maximum Gasteiger partial charge on any atom is 0.416 e. The van der Waals surface area contributed by atoms with Gasteiger partial charge < -0.3 is 10.6 Å². The number of halogens is 5. The summed E-state index contributed by atoms with van der Waals surface area (Å²) in [5.41, 5.74) is -0.121. The Morgan fingerprint density at radius 2 is 1.65 bits per heavy atom. The molecule has 0 radical (unpaired) electrons. The van der Waals surface area contributed by atoms with Crippen LogP contribution in [0, 0.1) is 16.7 Å². The molecule has 0 saturated carbocycles. The Labute approximate surface area is 242 Å². The van der Waals surface area contributed by atoms with Gasteiger partial charge in [0, 0.05) is 28.5 Å². The second-order valence-corrected chi connectivity index (χ2v) is 12.3. The van der Waals surface area contributed by atoms with Gasteiger partial charge in [0.05, 0.1) is 17.7 Å². The molecule has 40 heavy (non-hydrogen) atoms. The monoisotopic (exact) mass is 587 g/mol. The average Bonchev–Trinajstić information content (AvgIpc) is 3.20. The zero-order valence-electron chi connectivity index (χ0n) is 22.3. The molecule has 4 rings (SSSR count). The van der Waals surface area contributed by atoms with Crippen LogP contribution in [0.2, 0.25) is 10.0 Å². The Kier molecular flexibility index (Phi) is 8.56. The van der Waals surface area contributed by atoms with Gasteiger partial charge in [0.2, 0.25) is 5.91 Å². The summed E-state index contributed by atoms with van der Waals surface area (Å²) in [5.74, 6) is -0.993. The van der Waals surface area contributed by atoms with Crippen LogP contribution < -0.4 is 10.6 Å². The minimum atomic E-state index is -4.44. The van der Waals surface area contributed by atoms with Crippen LogP contribution in [0.5, 0.6) is 0 Å². The lowest BCUT2D eigenvalue weighted by Crippen LogP contribution is -2.45.